The van der Waals surface area contributed by atoms with E-state index in [1.54, 1.807) is 0 Å². The van der Waals surface area contributed by atoms with Crippen molar-refractivity contribution < 1.29 is 9.90 Å². The molecule has 0 amide bonds. The Kier molecular flexibility index (Phi) is 3.69. The number of hydrogen-bond donors (Lipinski definition) is 1. The van der Waals surface area contributed by atoms with Gasteiger partial charge in [0.05, 0.1) is 5.92 Å². The fourth-order valence-electron chi connectivity index (χ4n) is 1.96. The minimum atomic E-state index is -0.665. The normalized spacial score (nSPS) is 27.9. The smallest absolute Gasteiger partial charge is 0.308 e. The number of hydrogen-bond acceptors (Lipinski definition) is 2. The van der Waals surface area contributed by atoms with E-state index in [4.69, 9.17) is 5.11 Å². The summed E-state index contributed by atoms with van der Waals surface area (Å²) in [6.45, 7) is 9.76. The molecule has 1 fully saturated rings. The van der Waals surface area contributed by atoms with Gasteiger partial charge in [0.1, 0.15) is 0 Å². The van der Waals surface area contributed by atoms with E-state index in [0.717, 1.165) is 25.9 Å². The Hall–Kier alpha value is -0.830. The van der Waals surface area contributed by atoms with Crippen LogP contribution in [0.1, 0.15) is 26.7 Å². The van der Waals surface area contributed by atoms with E-state index >= 15 is 0 Å². The molecule has 80 valence electrons. The molecule has 0 aromatic carbocycles. The Morgan fingerprint density at radius 2 is 2.29 bits per heavy atom. The van der Waals surface area contributed by atoms with Gasteiger partial charge in [0, 0.05) is 12.6 Å². The second-order valence-electron chi connectivity index (χ2n) is 4.05. The molecular formula is C11H19NO2. The Morgan fingerprint density at radius 3 is 2.71 bits per heavy atom. The monoisotopic (exact) mass is 197 g/mol. The van der Waals surface area contributed by atoms with Gasteiger partial charge in [-0.1, -0.05) is 19.1 Å². The number of carboxylic acids is 1. The first-order valence-electron chi connectivity index (χ1n) is 5.19. The van der Waals surface area contributed by atoms with E-state index in [1.807, 2.05) is 6.92 Å². The Morgan fingerprint density at radius 1 is 1.64 bits per heavy atom. The van der Waals surface area contributed by atoms with Gasteiger partial charge in [0.15, 0.2) is 0 Å². The minimum Gasteiger partial charge on any atom is -0.481 e. The van der Waals surface area contributed by atoms with Crippen molar-refractivity contribution in [1.29, 1.82) is 0 Å². The van der Waals surface area contributed by atoms with Crippen molar-refractivity contribution in [1.82, 2.24) is 4.90 Å². The quantitative estimate of drug-likeness (QED) is 0.698. The number of likely N-dealkylation sites (tertiary alicyclic amines) is 1. The van der Waals surface area contributed by atoms with Crippen molar-refractivity contribution in [2.24, 2.45) is 5.92 Å². The highest BCUT2D eigenvalue weighted by Gasteiger charge is 2.35. The number of aliphatic carboxylic acids is 1. The zero-order valence-corrected chi connectivity index (χ0v) is 8.99. The van der Waals surface area contributed by atoms with E-state index in [0.29, 0.717) is 0 Å². The molecule has 1 saturated heterocycles. The molecule has 2 atom stereocenters. The molecular weight excluding hydrogens is 178 g/mol. The summed E-state index contributed by atoms with van der Waals surface area (Å²) in [4.78, 5) is 13.1. The van der Waals surface area contributed by atoms with Crippen molar-refractivity contribution in [2.45, 2.75) is 32.7 Å². The Bertz CT molecular complexity index is 237. The Balaban J connectivity index is 2.51. The van der Waals surface area contributed by atoms with Crippen molar-refractivity contribution in [3.8, 4) is 0 Å². The third-order valence-electron chi connectivity index (χ3n) is 3.13. The molecule has 2 unspecified atom stereocenters. The average Bonchev–Trinajstić information content (AvgIpc) is 2.48. The van der Waals surface area contributed by atoms with Crippen LogP contribution in [0.3, 0.4) is 0 Å². The first-order valence-corrected chi connectivity index (χ1v) is 5.19. The summed E-state index contributed by atoms with van der Waals surface area (Å²) in [7, 11) is 0. The summed E-state index contributed by atoms with van der Waals surface area (Å²) in [5, 5.41) is 8.94. The third-order valence-corrected chi connectivity index (χ3v) is 3.13. The summed E-state index contributed by atoms with van der Waals surface area (Å²) < 4.78 is 0. The summed E-state index contributed by atoms with van der Waals surface area (Å²) in [5.74, 6) is -0.859. The van der Waals surface area contributed by atoms with Gasteiger partial charge < -0.3 is 5.11 Å². The molecule has 0 aromatic rings. The predicted octanol–water partition coefficient (Wildman–Crippen LogP) is 1.75. The van der Waals surface area contributed by atoms with Gasteiger partial charge in [-0.2, -0.15) is 0 Å². The molecule has 0 bridgehead atoms. The molecule has 14 heavy (non-hydrogen) atoms. The SMILES string of the molecule is C=C(CC)CN1CCC(C(=O)O)C1C. The van der Waals surface area contributed by atoms with Crippen molar-refractivity contribution in [3.63, 3.8) is 0 Å². The standard InChI is InChI=1S/C11H19NO2/c1-4-8(2)7-12-6-5-10(9(12)3)11(13)14/h9-10H,2,4-7H2,1,3H3,(H,13,14). The zero-order valence-electron chi connectivity index (χ0n) is 8.99. The highest BCUT2D eigenvalue weighted by molar-refractivity contribution is 5.71. The second kappa shape index (κ2) is 4.60. The molecule has 1 heterocycles. The van der Waals surface area contributed by atoms with E-state index < -0.39 is 5.97 Å². The van der Waals surface area contributed by atoms with Crippen LogP contribution >= 0.6 is 0 Å². The number of carbonyl (C=O) groups is 1. The average molecular weight is 197 g/mol. The van der Waals surface area contributed by atoms with Crippen molar-refractivity contribution in [2.75, 3.05) is 13.1 Å². The number of nitrogens with zero attached hydrogens (tertiary/aromatic N) is 1. The van der Waals surface area contributed by atoms with E-state index in [-0.39, 0.29) is 12.0 Å². The minimum absolute atomic E-state index is 0.149. The highest BCUT2D eigenvalue weighted by Crippen LogP contribution is 2.25. The summed E-state index contributed by atoms with van der Waals surface area (Å²) in [6.07, 6.45) is 1.74. The maximum absolute atomic E-state index is 10.9. The molecule has 0 radical (unpaired) electrons. The van der Waals surface area contributed by atoms with Crippen LogP contribution in [-0.4, -0.2) is 35.1 Å². The lowest BCUT2D eigenvalue weighted by molar-refractivity contribution is -0.142. The molecule has 1 aliphatic heterocycles. The van der Waals surface area contributed by atoms with Gasteiger partial charge in [-0.25, -0.2) is 0 Å². The van der Waals surface area contributed by atoms with Crippen LogP contribution in [-0.2, 0) is 4.79 Å². The second-order valence-corrected chi connectivity index (χ2v) is 4.05. The van der Waals surface area contributed by atoms with Crippen LogP contribution in [0.4, 0.5) is 0 Å². The van der Waals surface area contributed by atoms with Crippen LogP contribution < -0.4 is 0 Å². The third kappa shape index (κ3) is 2.35. The summed E-state index contributed by atoms with van der Waals surface area (Å²) in [5.41, 5.74) is 1.18. The van der Waals surface area contributed by atoms with Gasteiger partial charge in [-0.3, -0.25) is 9.69 Å². The lowest BCUT2D eigenvalue weighted by Gasteiger charge is -2.23. The molecule has 0 aromatic heterocycles. The number of rotatable bonds is 4. The molecule has 0 spiro atoms. The summed E-state index contributed by atoms with van der Waals surface area (Å²) in [6, 6.07) is 0.149. The van der Waals surface area contributed by atoms with E-state index in [2.05, 4.69) is 18.4 Å². The predicted molar refractivity (Wildman–Crippen MR) is 56.2 cm³/mol. The van der Waals surface area contributed by atoms with Gasteiger partial charge in [-0.05, 0) is 26.3 Å². The zero-order chi connectivity index (χ0) is 10.7. The van der Waals surface area contributed by atoms with Gasteiger partial charge in [0.25, 0.3) is 0 Å². The fourth-order valence-corrected chi connectivity index (χ4v) is 1.96. The lowest BCUT2D eigenvalue weighted by atomic mass is 10.0. The first kappa shape index (κ1) is 11.2. The lowest BCUT2D eigenvalue weighted by Crippen LogP contribution is -2.34. The molecule has 0 aliphatic carbocycles. The van der Waals surface area contributed by atoms with Crippen LogP contribution in [0.25, 0.3) is 0 Å². The maximum atomic E-state index is 10.9. The number of carboxylic acid groups (broad SMARTS) is 1. The van der Waals surface area contributed by atoms with E-state index in [9.17, 15) is 4.79 Å². The molecule has 1 aliphatic rings. The highest BCUT2D eigenvalue weighted by atomic mass is 16.4. The molecule has 3 nitrogen and oxygen atoms in total. The molecule has 3 heteroatoms. The van der Waals surface area contributed by atoms with Crippen LogP contribution in [0.2, 0.25) is 0 Å². The summed E-state index contributed by atoms with van der Waals surface area (Å²) >= 11 is 0. The molecule has 0 saturated carbocycles. The van der Waals surface area contributed by atoms with Gasteiger partial charge >= 0.3 is 5.97 Å². The van der Waals surface area contributed by atoms with Crippen molar-refractivity contribution in [3.05, 3.63) is 12.2 Å². The fraction of sp³-hybridized carbons (Fsp3) is 0.727. The van der Waals surface area contributed by atoms with Crippen LogP contribution in [0, 0.1) is 5.92 Å². The first-order chi connectivity index (χ1) is 6.56. The van der Waals surface area contributed by atoms with Crippen LogP contribution in [0.5, 0.6) is 0 Å². The largest absolute Gasteiger partial charge is 0.481 e. The van der Waals surface area contributed by atoms with E-state index in [1.165, 1.54) is 5.57 Å². The molecule has 1 N–H and O–H groups in total. The Labute approximate surface area is 85.4 Å². The van der Waals surface area contributed by atoms with Crippen molar-refractivity contribution >= 4 is 5.97 Å². The maximum Gasteiger partial charge on any atom is 0.308 e. The topological polar surface area (TPSA) is 40.5 Å². The van der Waals surface area contributed by atoms with Gasteiger partial charge in [0.2, 0.25) is 0 Å². The van der Waals surface area contributed by atoms with Crippen LogP contribution in [0.15, 0.2) is 12.2 Å². The van der Waals surface area contributed by atoms with Gasteiger partial charge in [-0.15, -0.1) is 0 Å². The molecule has 1 rings (SSSR count).